The summed E-state index contributed by atoms with van der Waals surface area (Å²) in [5.74, 6) is 0. The molecule has 1 aromatic heterocycles. The smallest absolute Gasteiger partial charge is 0.0745 e. The number of anilines is 2. The highest BCUT2D eigenvalue weighted by Crippen LogP contribution is 2.37. The molecule has 1 aromatic carbocycles. The Morgan fingerprint density at radius 1 is 1.39 bits per heavy atom. The van der Waals surface area contributed by atoms with E-state index in [9.17, 15) is 0 Å². The maximum Gasteiger partial charge on any atom is 0.0745 e. The highest BCUT2D eigenvalue weighted by atomic mass is 79.9. The van der Waals surface area contributed by atoms with Crippen molar-refractivity contribution in [2.45, 2.75) is 25.3 Å². The lowest BCUT2D eigenvalue weighted by molar-refractivity contribution is 0.402. The molecule has 3 nitrogen and oxygen atoms in total. The lowest BCUT2D eigenvalue weighted by Gasteiger charge is -2.37. The molecule has 4 heteroatoms. The van der Waals surface area contributed by atoms with Gasteiger partial charge < -0.3 is 10.6 Å². The predicted molar refractivity (Wildman–Crippen MR) is 79.9 cm³/mol. The zero-order valence-electron chi connectivity index (χ0n) is 10.4. The van der Waals surface area contributed by atoms with Crippen LogP contribution in [0.25, 0.3) is 10.9 Å². The van der Waals surface area contributed by atoms with Gasteiger partial charge in [-0.05, 0) is 37.5 Å². The number of fused-ring (bicyclic) bond motifs is 1. The van der Waals surface area contributed by atoms with E-state index < -0.39 is 0 Å². The topological polar surface area (TPSA) is 42.1 Å². The number of nitrogen functional groups attached to an aromatic ring is 1. The molecule has 3 rings (SSSR count). The molecule has 0 saturated heterocycles. The number of pyridine rings is 1. The third-order valence-electron chi connectivity index (χ3n) is 3.81. The standard InChI is InChI=1S/C14H16BrN3/c1-18(10-3-2-4-10)14-11-7-9(15)5-6-13(11)17-8-12(14)16/h5-8,10H,2-4,16H2,1H3. The summed E-state index contributed by atoms with van der Waals surface area (Å²) in [7, 11) is 2.13. The summed E-state index contributed by atoms with van der Waals surface area (Å²) in [6, 6.07) is 6.76. The van der Waals surface area contributed by atoms with Crippen molar-refractivity contribution < 1.29 is 0 Å². The van der Waals surface area contributed by atoms with Gasteiger partial charge in [0, 0.05) is 22.9 Å². The van der Waals surface area contributed by atoms with E-state index in [1.165, 1.54) is 19.3 Å². The molecule has 2 aromatic rings. The number of nitrogens with two attached hydrogens (primary N) is 1. The maximum absolute atomic E-state index is 6.13. The molecule has 1 saturated carbocycles. The van der Waals surface area contributed by atoms with Gasteiger partial charge >= 0.3 is 0 Å². The van der Waals surface area contributed by atoms with Gasteiger partial charge in [-0.1, -0.05) is 15.9 Å². The van der Waals surface area contributed by atoms with E-state index in [0.717, 1.165) is 26.8 Å². The van der Waals surface area contributed by atoms with Crippen LogP contribution in [0.1, 0.15) is 19.3 Å². The molecule has 2 N–H and O–H groups in total. The number of nitrogens with zero attached hydrogens (tertiary/aromatic N) is 2. The lowest BCUT2D eigenvalue weighted by Crippen LogP contribution is -2.37. The van der Waals surface area contributed by atoms with E-state index in [0.29, 0.717) is 6.04 Å². The Balaban J connectivity index is 2.18. The molecule has 0 amide bonds. The number of aromatic nitrogens is 1. The summed E-state index contributed by atoms with van der Waals surface area (Å²) in [5.41, 5.74) is 9.00. The van der Waals surface area contributed by atoms with Crippen molar-refractivity contribution in [2.75, 3.05) is 17.7 Å². The first-order valence-corrected chi connectivity index (χ1v) is 7.02. The number of hydrogen-bond donors (Lipinski definition) is 1. The molecule has 0 spiro atoms. The Labute approximate surface area is 115 Å². The third-order valence-corrected chi connectivity index (χ3v) is 4.30. The average molecular weight is 306 g/mol. The lowest BCUT2D eigenvalue weighted by atomic mass is 9.91. The molecular formula is C14H16BrN3. The Bertz CT molecular complexity index is 588. The van der Waals surface area contributed by atoms with Crippen molar-refractivity contribution in [2.24, 2.45) is 0 Å². The van der Waals surface area contributed by atoms with E-state index in [1.807, 2.05) is 12.1 Å². The zero-order valence-corrected chi connectivity index (χ0v) is 11.9. The first-order valence-electron chi connectivity index (χ1n) is 6.23. The third kappa shape index (κ3) is 1.85. The summed E-state index contributed by atoms with van der Waals surface area (Å²) in [6.45, 7) is 0. The van der Waals surface area contributed by atoms with E-state index in [2.05, 4.69) is 38.9 Å². The summed E-state index contributed by atoms with van der Waals surface area (Å²) < 4.78 is 1.06. The highest BCUT2D eigenvalue weighted by Gasteiger charge is 2.24. The molecule has 1 aliphatic carbocycles. The monoisotopic (exact) mass is 305 g/mol. The fourth-order valence-corrected chi connectivity index (χ4v) is 2.88. The van der Waals surface area contributed by atoms with Crippen LogP contribution in [0.4, 0.5) is 11.4 Å². The van der Waals surface area contributed by atoms with Gasteiger partial charge in [-0.25, -0.2) is 0 Å². The minimum Gasteiger partial charge on any atom is -0.396 e. The SMILES string of the molecule is CN(c1c(N)cnc2ccc(Br)cc12)C1CCC1. The molecule has 1 aliphatic rings. The van der Waals surface area contributed by atoms with Gasteiger partial charge in [-0.2, -0.15) is 0 Å². The molecule has 94 valence electrons. The number of halogens is 1. The Morgan fingerprint density at radius 2 is 2.17 bits per heavy atom. The van der Waals surface area contributed by atoms with E-state index in [1.54, 1.807) is 6.20 Å². The average Bonchev–Trinajstić information content (AvgIpc) is 2.25. The fourth-order valence-electron chi connectivity index (χ4n) is 2.52. The van der Waals surface area contributed by atoms with Crippen LogP contribution in [-0.4, -0.2) is 18.1 Å². The predicted octanol–water partition coefficient (Wildman–Crippen LogP) is 3.57. The minimum atomic E-state index is 0.622. The van der Waals surface area contributed by atoms with E-state index >= 15 is 0 Å². The van der Waals surface area contributed by atoms with Gasteiger partial charge in [0.1, 0.15) is 0 Å². The summed E-state index contributed by atoms with van der Waals surface area (Å²) in [6.07, 6.45) is 5.60. The Hall–Kier alpha value is -1.29. The van der Waals surface area contributed by atoms with Gasteiger partial charge in [0.15, 0.2) is 0 Å². The second-order valence-corrected chi connectivity index (χ2v) is 5.83. The van der Waals surface area contributed by atoms with Gasteiger partial charge in [-0.15, -0.1) is 0 Å². The quantitative estimate of drug-likeness (QED) is 0.922. The van der Waals surface area contributed by atoms with Gasteiger partial charge in [0.2, 0.25) is 0 Å². The second kappa shape index (κ2) is 4.43. The second-order valence-electron chi connectivity index (χ2n) is 4.92. The van der Waals surface area contributed by atoms with Crippen LogP contribution in [0.15, 0.2) is 28.9 Å². The molecular weight excluding hydrogens is 290 g/mol. The molecule has 0 aliphatic heterocycles. The maximum atomic E-state index is 6.13. The van der Waals surface area contributed by atoms with Crippen LogP contribution in [0.5, 0.6) is 0 Å². The summed E-state index contributed by atoms with van der Waals surface area (Å²) >= 11 is 3.52. The van der Waals surface area contributed by atoms with E-state index in [4.69, 9.17) is 5.73 Å². The van der Waals surface area contributed by atoms with Crippen molar-refractivity contribution in [1.29, 1.82) is 0 Å². The molecule has 0 atom stereocenters. The van der Waals surface area contributed by atoms with Crippen molar-refractivity contribution >= 4 is 38.2 Å². The summed E-state index contributed by atoms with van der Waals surface area (Å²) in [5, 5.41) is 1.12. The normalized spacial score (nSPS) is 15.7. The zero-order chi connectivity index (χ0) is 12.7. The number of benzene rings is 1. The highest BCUT2D eigenvalue weighted by molar-refractivity contribution is 9.10. The minimum absolute atomic E-state index is 0.622. The Kier molecular flexibility index (Phi) is 2.90. The molecule has 18 heavy (non-hydrogen) atoms. The van der Waals surface area contributed by atoms with Crippen LogP contribution in [0.2, 0.25) is 0 Å². The van der Waals surface area contributed by atoms with E-state index in [-0.39, 0.29) is 0 Å². The first kappa shape index (κ1) is 11.8. The van der Waals surface area contributed by atoms with Crippen molar-refractivity contribution in [3.63, 3.8) is 0 Å². The number of rotatable bonds is 2. The van der Waals surface area contributed by atoms with Crippen molar-refractivity contribution in [3.8, 4) is 0 Å². The van der Waals surface area contributed by atoms with Crippen LogP contribution in [0, 0.1) is 0 Å². The molecule has 0 radical (unpaired) electrons. The van der Waals surface area contributed by atoms with Crippen LogP contribution in [0.3, 0.4) is 0 Å². The summed E-state index contributed by atoms with van der Waals surface area (Å²) in [4.78, 5) is 6.71. The van der Waals surface area contributed by atoms with Crippen LogP contribution in [-0.2, 0) is 0 Å². The molecule has 1 fully saturated rings. The van der Waals surface area contributed by atoms with Crippen molar-refractivity contribution in [1.82, 2.24) is 4.98 Å². The van der Waals surface area contributed by atoms with Gasteiger partial charge in [-0.3, -0.25) is 4.98 Å². The van der Waals surface area contributed by atoms with Crippen molar-refractivity contribution in [3.05, 3.63) is 28.9 Å². The van der Waals surface area contributed by atoms with Gasteiger partial charge in [0.05, 0.1) is 23.1 Å². The fraction of sp³-hybridized carbons (Fsp3) is 0.357. The first-order chi connectivity index (χ1) is 8.66. The molecule has 1 heterocycles. The largest absolute Gasteiger partial charge is 0.396 e. The van der Waals surface area contributed by atoms with Crippen LogP contribution >= 0.6 is 15.9 Å². The van der Waals surface area contributed by atoms with Crippen LogP contribution < -0.4 is 10.6 Å². The number of hydrogen-bond acceptors (Lipinski definition) is 3. The van der Waals surface area contributed by atoms with Gasteiger partial charge in [0.25, 0.3) is 0 Å². The Morgan fingerprint density at radius 3 is 2.83 bits per heavy atom. The molecule has 0 unspecified atom stereocenters. The molecule has 0 bridgehead atoms.